The number of carbonyl (C=O) groups excluding carboxylic acids is 1. The van der Waals surface area contributed by atoms with Crippen molar-refractivity contribution in [3.8, 4) is 5.75 Å². The summed E-state index contributed by atoms with van der Waals surface area (Å²) in [6.07, 6.45) is 4.53. The van der Waals surface area contributed by atoms with Gasteiger partial charge in [-0.3, -0.25) is 9.69 Å². The number of methoxy groups -OCH3 is 1. The molecule has 0 aliphatic carbocycles. The second kappa shape index (κ2) is 8.34. The minimum absolute atomic E-state index is 0.191. The van der Waals surface area contributed by atoms with Gasteiger partial charge in [0.05, 0.1) is 19.7 Å². The fourth-order valence-electron chi connectivity index (χ4n) is 3.07. The Labute approximate surface area is 140 Å². The van der Waals surface area contributed by atoms with E-state index < -0.39 is 0 Å². The lowest BCUT2D eigenvalue weighted by Gasteiger charge is -2.33. The van der Waals surface area contributed by atoms with Crippen molar-refractivity contribution in [3.63, 3.8) is 0 Å². The zero-order chi connectivity index (χ0) is 16.8. The Morgan fingerprint density at radius 1 is 1.26 bits per heavy atom. The Balaban J connectivity index is 2.16. The third kappa shape index (κ3) is 4.71. The smallest absolute Gasteiger partial charge is 0.237 e. The summed E-state index contributed by atoms with van der Waals surface area (Å²) in [6.45, 7) is 5.60. The zero-order valence-corrected chi connectivity index (χ0v) is 14.9. The number of nitrogens with zero attached hydrogens (tertiary/aromatic N) is 2. The van der Waals surface area contributed by atoms with E-state index in [0.29, 0.717) is 12.6 Å². The number of amides is 1. The van der Waals surface area contributed by atoms with Crippen LogP contribution in [0.4, 0.5) is 0 Å². The molecule has 1 saturated heterocycles. The van der Waals surface area contributed by atoms with Crippen LogP contribution in [0.5, 0.6) is 5.75 Å². The molecule has 1 atom stereocenters. The summed E-state index contributed by atoms with van der Waals surface area (Å²) in [5.41, 5.74) is 1.22. The SMILES string of the molecule is COc1ccc([C@@H]2CCCCCN2C(=O)CN(C)C(C)C)cc1. The van der Waals surface area contributed by atoms with Gasteiger partial charge in [-0.1, -0.05) is 25.0 Å². The van der Waals surface area contributed by atoms with Gasteiger partial charge in [0.25, 0.3) is 0 Å². The van der Waals surface area contributed by atoms with Crippen LogP contribution in [0.2, 0.25) is 0 Å². The van der Waals surface area contributed by atoms with E-state index in [-0.39, 0.29) is 11.9 Å². The van der Waals surface area contributed by atoms with E-state index in [1.807, 2.05) is 19.2 Å². The molecule has 0 aromatic heterocycles. The Hall–Kier alpha value is -1.55. The third-order valence-electron chi connectivity index (χ3n) is 4.84. The van der Waals surface area contributed by atoms with Crippen LogP contribution in [0, 0.1) is 0 Å². The Kier molecular flexibility index (Phi) is 6.46. The van der Waals surface area contributed by atoms with E-state index >= 15 is 0 Å². The van der Waals surface area contributed by atoms with Crippen molar-refractivity contribution < 1.29 is 9.53 Å². The number of rotatable bonds is 5. The molecule has 1 aliphatic rings. The predicted octanol–water partition coefficient (Wildman–Crippen LogP) is 3.48. The molecular weight excluding hydrogens is 288 g/mol. The first kappa shape index (κ1) is 17.8. The summed E-state index contributed by atoms with van der Waals surface area (Å²) < 4.78 is 5.25. The number of hydrogen-bond acceptors (Lipinski definition) is 3. The number of carbonyl (C=O) groups is 1. The van der Waals surface area contributed by atoms with Crippen LogP contribution in [0.1, 0.15) is 51.1 Å². The monoisotopic (exact) mass is 318 g/mol. The molecular formula is C19H30N2O2. The van der Waals surface area contributed by atoms with Crippen LogP contribution in [0.15, 0.2) is 24.3 Å². The molecule has 1 aromatic carbocycles. The number of likely N-dealkylation sites (N-methyl/N-ethyl adjacent to an activating group) is 1. The highest BCUT2D eigenvalue weighted by Crippen LogP contribution is 2.31. The number of benzene rings is 1. The zero-order valence-electron chi connectivity index (χ0n) is 14.9. The molecule has 4 nitrogen and oxygen atoms in total. The lowest BCUT2D eigenvalue weighted by Crippen LogP contribution is -2.42. The van der Waals surface area contributed by atoms with Crippen molar-refractivity contribution in [1.29, 1.82) is 0 Å². The molecule has 0 unspecified atom stereocenters. The molecule has 0 saturated carbocycles. The molecule has 1 heterocycles. The number of likely N-dealkylation sites (tertiary alicyclic amines) is 1. The van der Waals surface area contributed by atoms with Crippen LogP contribution < -0.4 is 4.74 Å². The first-order valence-electron chi connectivity index (χ1n) is 8.66. The van der Waals surface area contributed by atoms with Crippen molar-refractivity contribution in [3.05, 3.63) is 29.8 Å². The molecule has 4 heteroatoms. The van der Waals surface area contributed by atoms with Crippen molar-refractivity contribution >= 4 is 5.91 Å². The van der Waals surface area contributed by atoms with Gasteiger partial charge in [0.15, 0.2) is 0 Å². The van der Waals surface area contributed by atoms with Crippen molar-refractivity contribution in [2.75, 3.05) is 27.2 Å². The highest BCUT2D eigenvalue weighted by Gasteiger charge is 2.27. The summed E-state index contributed by atoms with van der Waals surface area (Å²) in [6, 6.07) is 8.75. The fourth-order valence-corrected chi connectivity index (χ4v) is 3.07. The molecule has 1 amide bonds. The Bertz CT molecular complexity index is 499. The highest BCUT2D eigenvalue weighted by molar-refractivity contribution is 5.78. The maximum Gasteiger partial charge on any atom is 0.237 e. The molecule has 128 valence electrons. The molecule has 1 aromatic rings. The van der Waals surface area contributed by atoms with E-state index in [2.05, 4.69) is 35.8 Å². The van der Waals surface area contributed by atoms with Crippen molar-refractivity contribution in [2.24, 2.45) is 0 Å². The van der Waals surface area contributed by atoms with Gasteiger partial charge in [0, 0.05) is 12.6 Å². The van der Waals surface area contributed by atoms with Crippen molar-refractivity contribution in [2.45, 2.75) is 51.6 Å². The van der Waals surface area contributed by atoms with E-state index in [9.17, 15) is 4.79 Å². The first-order valence-corrected chi connectivity index (χ1v) is 8.66. The Morgan fingerprint density at radius 3 is 2.57 bits per heavy atom. The average Bonchev–Trinajstić information content (AvgIpc) is 2.80. The van der Waals surface area contributed by atoms with Crippen molar-refractivity contribution in [1.82, 2.24) is 9.80 Å². The largest absolute Gasteiger partial charge is 0.497 e. The van der Waals surface area contributed by atoms with Gasteiger partial charge in [0.1, 0.15) is 5.75 Å². The quantitative estimate of drug-likeness (QED) is 0.833. The second-order valence-electron chi connectivity index (χ2n) is 6.73. The molecule has 0 spiro atoms. The van der Waals surface area contributed by atoms with Crippen LogP contribution in [0.3, 0.4) is 0 Å². The second-order valence-corrected chi connectivity index (χ2v) is 6.73. The predicted molar refractivity (Wildman–Crippen MR) is 93.7 cm³/mol. The van der Waals surface area contributed by atoms with E-state index in [4.69, 9.17) is 4.74 Å². The van der Waals surface area contributed by atoms with Gasteiger partial charge in [-0.05, 0) is 51.4 Å². The minimum atomic E-state index is 0.191. The van der Waals surface area contributed by atoms with Crippen LogP contribution in [-0.2, 0) is 4.79 Å². The van der Waals surface area contributed by atoms with Gasteiger partial charge >= 0.3 is 0 Å². The summed E-state index contributed by atoms with van der Waals surface area (Å²) in [4.78, 5) is 17.0. The van der Waals surface area contributed by atoms with Gasteiger partial charge in [0.2, 0.25) is 5.91 Å². The van der Waals surface area contributed by atoms with Gasteiger partial charge in [-0.2, -0.15) is 0 Å². The van der Waals surface area contributed by atoms with E-state index in [0.717, 1.165) is 25.1 Å². The third-order valence-corrected chi connectivity index (χ3v) is 4.84. The summed E-state index contributed by atoms with van der Waals surface area (Å²) >= 11 is 0. The average molecular weight is 318 g/mol. The van der Waals surface area contributed by atoms with Crippen LogP contribution >= 0.6 is 0 Å². The van der Waals surface area contributed by atoms with Gasteiger partial charge in [-0.25, -0.2) is 0 Å². The topological polar surface area (TPSA) is 32.8 Å². The lowest BCUT2D eigenvalue weighted by molar-refractivity contribution is -0.135. The van der Waals surface area contributed by atoms with Gasteiger partial charge < -0.3 is 9.64 Å². The van der Waals surface area contributed by atoms with E-state index in [1.165, 1.54) is 18.4 Å². The standard InChI is InChI=1S/C19H30N2O2/c1-15(2)20(3)14-19(22)21-13-7-5-6-8-18(21)16-9-11-17(23-4)12-10-16/h9-12,15,18H,5-8,13-14H2,1-4H3/t18-/m0/s1. The summed E-state index contributed by atoms with van der Waals surface area (Å²) in [7, 11) is 3.70. The highest BCUT2D eigenvalue weighted by atomic mass is 16.5. The molecule has 0 radical (unpaired) electrons. The summed E-state index contributed by atoms with van der Waals surface area (Å²) in [5.74, 6) is 1.10. The Morgan fingerprint density at radius 2 is 1.96 bits per heavy atom. The van der Waals surface area contributed by atoms with Crippen LogP contribution in [-0.4, -0.2) is 49.0 Å². The van der Waals surface area contributed by atoms with Gasteiger partial charge in [-0.15, -0.1) is 0 Å². The van der Waals surface area contributed by atoms with Crippen LogP contribution in [0.25, 0.3) is 0 Å². The normalized spacial score (nSPS) is 19.0. The molecule has 0 bridgehead atoms. The first-order chi connectivity index (χ1) is 11.0. The number of ether oxygens (including phenoxy) is 1. The maximum absolute atomic E-state index is 12.8. The molecule has 1 fully saturated rings. The molecule has 23 heavy (non-hydrogen) atoms. The van der Waals surface area contributed by atoms with E-state index in [1.54, 1.807) is 7.11 Å². The lowest BCUT2D eigenvalue weighted by atomic mass is 10.0. The minimum Gasteiger partial charge on any atom is -0.497 e. The number of hydrogen-bond donors (Lipinski definition) is 0. The maximum atomic E-state index is 12.8. The fraction of sp³-hybridized carbons (Fsp3) is 0.632. The molecule has 0 N–H and O–H groups in total. The molecule has 1 aliphatic heterocycles. The molecule has 2 rings (SSSR count). The summed E-state index contributed by atoms with van der Waals surface area (Å²) in [5, 5.41) is 0.